The number of hydrogen-bond donors (Lipinski definition) is 2. The number of piperidine rings is 1. The summed E-state index contributed by atoms with van der Waals surface area (Å²) in [4.78, 5) is 14.7. The van der Waals surface area contributed by atoms with Gasteiger partial charge in [0.05, 0.1) is 5.56 Å². The van der Waals surface area contributed by atoms with Crippen molar-refractivity contribution in [2.75, 3.05) is 19.6 Å². The van der Waals surface area contributed by atoms with Crippen LogP contribution in [0.25, 0.3) is 0 Å². The molecule has 114 valence electrons. The SMILES string of the molecule is O=C(c1ccc(Cl)cc1O)N(CC1CCCNC1)C1CC1. The van der Waals surface area contributed by atoms with Crippen LogP contribution in [0, 0.1) is 5.92 Å². The molecule has 1 saturated heterocycles. The van der Waals surface area contributed by atoms with Crippen molar-refractivity contribution in [1.82, 2.24) is 10.2 Å². The van der Waals surface area contributed by atoms with Gasteiger partial charge in [-0.25, -0.2) is 0 Å². The Kier molecular flexibility index (Phi) is 4.36. The highest BCUT2D eigenvalue weighted by Gasteiger charge is 2.35. The Hall–Kier alpha value is -1.26. The lowest BCUT2D eigenvalue weighted by Crippen LogP contribution is -2.42. The fraction of sp³-hybridized carbons (Fsp3) is 0.562. The minimum atomic E-state index is -0.0720. The molecule has 1 aromatic rings. The largest absolute Gasteiger partial charge is 0.507 e. The quantitative estimate of drug-likeness (QED) is 0.899. The van der Waals surface area contributed by atoms with Gasteiger partial charge in [0.2, 0.25) is 0 Å². The van der Waals surface area contributed by atoms with Crippen LogP contribution in [0.5, 0.6) is 5.75 Å². The summed E-state index contributed by atoms with van der Waals surface area (Å²) in [6.07, 6.45) is 4.47. The summed E-state index contributed by atoms with van der Waals surface area (Å²) in [5.74, 6) is 0.412. The molecule has 4 nitrogen and oxygen atoms in total. The van der Waals surface area contributed by atoms with Crippen LogP contribution in [0.2, 0.25) is 5.02 Å². The number of hydrogen-bond acceptors (Lipinski definition) is 3. The molecule has 1 aliphatic heterocycles. The molecule has 1 amide bonds. The molecule has 1 heterocycles. The predicted octanol–water partition coefficient (Wildman–Crippen LogP) is 2.65. The van der Waals surface area contributed by atoms with Crippen LogP contribution in [-0.4, -0.2) is 41.6 Å². The molecule has 1 unspecified atom stereocenters. The van der Waals surface area contributed by atoms with Crippen LogP contribution in [0.1, 0.15) is 36.0 Å². The molecule has 1 atom stereocenters. The average molecular weight is 309 g/mol. The van der Waals surface area contributed by atoms with E-state index in [4.69, 9.17) is 11.6 Å². The van der Waals surface area contributed by atoms with E-state index in [-0.39, 0.29) is 11.7 Å². The van der Waals surface area contributed by atoms with E-state index < -0.39 is 0 Å². The van der Waals surface area contributed by atoms with Gasteiger partial charge < -0.3 is 15.3 Å². The minimum Gasteiger partial charge on any atom is -0.507 e. The number of nitrogens with one attached hydrogen (secondary N) is 1. The summed E-state index contributed by atoms with van der Waals surface area (Å²) in [7, 11) is 0. The van der Waals surface area contributed by atoms with E-state index in [9.17, 15) is 9.90 Å². The van der Waals surface area contributed by atoms with E-state index in [1.165, 1.54) is 12.5 Å². The molecule has 1 aliphatic carbocycles. The van der Waals surface area contributed by atoms with E-state index in [2.05, 4.69) is 5.32 Å². The van der Waals surface area contributed by atoms with Crippen molar-refractivity contribution in [3.8, 4) is 5.75 Å². The normalized spacial score (nSPS) is 22.0. The van der Waals surface area contributed by atoms with Crippen molar-refractivity contribution in [3.63, 3.8) is 0 Å². The summed E-state index contributed by atoms with van der Waals surface area (Å²) in [5.41, 5.74) is 0.357. The Morgan fingerprint density at radius 3 is 2.81 bits per heavy atom. The van der Waals surface area contributed by atoms with Crippen LogP contribution in [-0.2, 0) is 0 Å². The van der Waals surface area contributed by atoms with E-state index >= 15 is 0 Å². The molecule has 2 N–H and O–H groups in total. The zero-order valence-electron chi connectivity index (χ0n) is 12.0. The Morgan fingerprint density at radius 2 is 2.19 bits per heavy atom. The lowest BCUT2D eigenvalue weighted by Gasteiger charge is -2.30. The van der Waals surface area contributed by atoms with Crippen molar-refractivity contribution in [3.05, 3.63) is 28.8 Å². The Balaban J connectivity index is 1.75. The fourth-order valence-electron chi connectivity index (χ4n) is 2.98. The van der Waals surface area contributed by atoms with E-state index in [1.54, 1.807) is 12.1 Å². The maximum absolute atomic E-state index is 12.7. The van der Waals surface area contributed by atoms with E-state index in [0.717, 1.165) is 38.9 Å². The van der Waals surface area contributed by atoms with Crippen molar-refractivity contribution < 1.29 is 9.90 Å². The number of phenolic OH excluding ortho intramolecular Hbond substituents is 1. The first-order valence-electron chi connectivity index (χ1n) is 7.65. The highest BCUT2D eigenvalue weighted by Crippen LogP contribution is 2.32. The molecular weight excluding hydrogens is 288 g/mol. The molecule has 0 radical (unpaired) electrons. The second kappa shape index (κ2) is 6.24. The second-order valence-corrected chi connectivity index (χ2v) is 6.50. The first-order chi connectivity index (χ1) is 10.1. The Bertz CT molecular complexity index is 525. The van der Waals surface area contributed by atoms with Crippen LogP contribution < -0.4 is 5.32 Å². The second-order valence-electron chi connectivity index (χ2n) is 6.06. The predicted molar refractivity (Wildman–Crippen MR) is 82.8 cm³/mol. The third-order valence-corrected chi connectivity index (χ3v) is 4.53. The third kappa shape index (κ3) is 3.50. The third-order valence-electron chi connectivity index (χ3n) is 4.29. The van der Waals surface area contributed by atoms with E-state index in [1.807, 2.05) is 4.90 Å². The van der Waals surface area contributed by atoms with Gasteiger partial charge in [0, 0.05) is 17.6 Å². The number of halogens is 1. The van der Waals surface area contributed by atoms with Gasteiger partial charge >= 0.3 is 0 Å². The first-order valence-corrected chi connectivity index (χ1v) is 8.03. The number of carbonyl (C=O) groups is 1. The fourth-order valence-corrected chi connectivity index (χ4v) is 3.15. The van der Waals surface area contributed by atoms with E-state index in [0.29, 0.717) is 22.5 Å². The Labute approximate surface area is 130 Å². The van der Waals surface area contributed by atoms with Crippen molar-refractivity contribution >= 4 is 17.5 Å². The number of benzene rings is 1. The summed E-state index contributed by atoms with van der Waals surface area (Å²) >= 11 is 5.84. The first kappa shape index (κ1) is 14.7. The smallest absolute Gasteiger partial charge is 0.257 e. The monoisotopic (exact) mass is 308 g/mol. The number of rotatable bonds is 4. The number of amides is 1. The highest BCUT2D eigenvalue weighted by molar-refractivity contribution is 6.30. The standard InChI is InChI=1S/C16H21ClN2O2/c17-12-3-6-14(15(20)8-12)16(21)19(13-4-5-13)10-11-2-1-7-18-9-11/h3,6,8,11,13,18,20H,1-2,4-5,7,9-10H2. The average Bonchev–Trinajstić information content (AvgIpc) is 3.30. The number of carbonyl (C=O) groups excluding carboxylic acids is 1. The zero-order chi connectivity index (χ0) is 14.8. The summed E-state index contributed by atoms with van der Waals surface area (Å²) in [6.45, 7) is 2.83. The molecule has 3 rings (SSSR count). The van der Waals surface area contributed by atoms with Crippen LogP contribution in [0.4, 0.5) is 0 Å². The molecule has 1 aromatic carbocycles. The zero-order valence-corrected chi connectivity index (χ0v) is 12.8. The maximum Gasteiger partial charge on any atom is 0.257 e. The molecular formula is C16H21ClN2O2. The summed E-state index contributed by atoms with van der Waals surface area (Å²) in [5, 5.41) is 13.8. The van der Waals surface area contributed by atoms with Gasteiger partial charge in [0.15, 0.2) is 0 Å². The van der Waals surface area contributed by atoms with Gasteiger partial charge in [-0.1, -0.05) is 11.6 Å². The molecule has 2 aliphatic rings. The summed E-state index contributed by atoms with van der Waals surface area (Å²) in [6, 6.07) is 5.05. The minimum absolute atomic E-state index is 0.0279. The van der Waals surface area contributed by atoms with Crippen molar-refractivity contribution in [1.29, 1.82) is 0 Å². The Morgan fingerprint density at radius 1 is 1.38 bits per heavy atom. The van der Waals surface area contributed by atoms with Crippen molar-refractivity contribution in [2.45, 2.75) is 31.7 Å². The van der Waals surface area contributed by atoms with Gasteiger partial charge in [-0.2, -0.15) is 0 Å². The molecule has 0 spiro atoms. The van der Waals surface area contributed by atoms with Gasteiger partial charge in [0.25, 0.3) is 5.91 Å². The van der Waals surface area contributed by atoms with Crippen LogP contribution in [0.3, 0.4) is 0 Å². The number of nitrogens with zero attached hydrogens (tertiary/aromatic N) is 1. The lowest BCUT2D eigenvalue weighted by atomic mass is 9.98. The van der Waals surface area contributed by atoms with Crippen LogP contribution >= 0.6 is 11.6 Å². The maximum atomic E-state index is 12.7. The van der Waals surface area contributed by atoms with Crippen LogP contribution in [0.15, 0.2) is 18.2 Å². The summed E-state index contributed by atoms with van der Waals surface area (Å²) < 4.78 is 0. The number of phenols is 1. The molecule has 0 bridgehead atoms. The van der Waals surface area contributed by atoms with Gasteiger partial charge in [-0.3, -0.25) is 4.79 Å². The topological polar surface area (TPSA) is 52.6 Å². The number of aromatic hydroxyl groups is 1. The molecule has 21 heavy (non-hydrogen) atoms. The van der Waals surface area contributed by atoms with Gasteiger partial charge in [0.1, 0.15) is 5.75 Å². The molecule has 5 heteroatoms. The van der Waals surface area contributed by atoms with Crippen molar-refractivity contribution in [2.24, 2.45) is 5.92 Å². The molecule has 1 saturated carbocycles. The van der Waals surface area contributed by atoms with Gasteiger partial charge in [-0.15, -0.1) is 0 Å². The highest BCUT2D eigenvalue weighted by atomic mass is 35.5. The molecule has 0 aromatic heterocycles. The van der Waals surface area contributed by atoms with Gasteiger partial charge in [-0.05, 0) is 62.9 Å². The molecule has 2 fully saturated rings. The lowest BCUT2D eigenvalue weighted by molar-refractivity contribution is 0.0701.